The van der Waals surface area contributed by atoms with Crippen molar-refractivity contribution in [3.63, 3.8) is 0 Å². The lowest BCUT2D eigenvalue weighted by molar-refractivity contribution is -0.170. The SMILES string of the molecule is CC(C)=CCC[C@@H](C)C(F)(F)F. The summed E-state index contributed by atoms with van der Waals surface area (Å²) in [5, 5.41) is 0. The molecule has 1 atom stereocenters. The predicted octanol–water partition coefficient (Wildman–Crippen LogP) is 3.93. The maximum atomic E-state index is 12.0. The van der Waals surface area contributed by atoms with E-state index in [1.807, 2.05) is 19.9 Å². The van der Waals surface area contributed by atoms with E-state index in [1.165, 1.54) is 6.92 Å². The molecule has 3 heteroatoms. The van der Waals surface area contributed by atoms with E-state index in [2.05, 4.69) is 0 Å². The predicted molar refractivity (Wildman–Crippen MR) is 43.9 cm³/mol. The lowest BCUT2D eigenvalue weighted by Crippen LogP contribution is -2.19. The van der Waals surface area contributed by atoms with Crippen molar-refractivity contribution in [1.29, 1.82) is 0 Å². The van der Waals surface area contributed by atoms with E-state index < -0.39 is 12.1 Å². The first-order chi connectivity index (χ1) is 5.34. The van der Waals surface area contributed by atoms with Crippen molar-refractivity contribution in [3.8, 4) is 0 Å². The van der Waals surface area contributed by atoms with Crippen molar-refractivity contribution in [3.05, 3.63) is 11.6 Å². The van der Waals surface area contributed by atoms with Crippen LogP contribution in [0.25, 0.3) is 0 Å². The number of rotatable bonds is 3. The highest BCUT2D eigenvalue weighted by Crippen LogP contribution is 2.29. The second-order valence-corrected chi connectivity index (χ2v) is 3.30. The summed E-state index contributed by atoms with van der Waals surface area (Å²) in [7, 11) is 0. The zero-order valence-corrected chi connectivity index (χ0v) is 7.70. The highest BCUT2D eigenvalue weighted by molar-refractivity contribution is 4.92. The van der Waals surface area contributed by atoms with E-state index in [1.54, 1.807) is 0 Å². The van der Waals surface area contributed by atoms with Crippen molar-refractivity contribution < 1.29 is 13.2 Å². The quantitative estimate of drug-likeness (QED) is 0.577. The Labute approximate surface area is 71.5 Å². The third-order valence-electron chi connectivity index (χ3n) is 1.71. The Morgan fingerprint density at radius 2 is 1.83 bits per heavy atom. The minimum atomic E-state index is -4.03. The van der Waals surface area contributed by atoms with Gasteiger partial charge in [-0.05, 0) is 26.7 Å². The molecule has 0 aromatic rings. The van der Waals surface area contributed by atoms with Gasteiger partial charge in [-0.2, -0.15) is 13.2 Å². The molecule has 0 N–H and O–H groups in total. The summed E-state index contributed by atoms with van der Waals surface area (Å²) in [6.45, 7) is 5.00. The van der Waals surface area contributed by atoms with Crippen LogP contribution in [0.3, 0.4) is 0 Å². The Balaban J connectivity index is 3.73. The molecule has 0 spiro atoms. The van der Waals surface area contributed by atoms with Crippen molar-refractivity contribution in [2.75, 3.05) is 0 Å². The van der Waals surface area contributed by atoms with Gasteiger partial charge in [-0.25, -0.2) is 0 Å². The highest BCUT2D eigenvalue weighted by Gasteiger charge is 2.34. The summed E-state index contributed by atoms with van der Waals surface area (Å²) in [5.74, 6) is -1.19. The average molecular weight is 180 g/mol. The van der Waals surface area contributed by atoms with Crippen molar-refractivity contribution in [2.24, 2.45) is 5.92 Å². The second kappa shape index (κ2) is 4.53. The van der Waals surface area contributed by atoms with Crippen molar-refractivity contribution in [1.82, 2.24) is 0 Å². The molecule has 0 unspecified atom stereocenters. The zero-order valence-electron chi connectivity index (χ0n) is 7.70. The normalized spacial score (nSPS) is 14.2. The molecule has 0 aliphatic carbocycles. The Kier molecular flexibility index (Phi) is 4.35. The fraction of sp³-hybridized carbons (Fsp3) is 0.778. The Hall–Kier alpha value is -0.470. The minimum Gasteiger partial charge on any atom is -0.171 e. The van der Waals surface area contributed by atoms with Gasteiger partial charge in [0.2, 0.25) is 0 Å². The summed E-state index contributed by atoms with van der Waals surface area (Å²) in [6, 6.07) is 0. The van der Waals surface area contributed by atoms with E-state index in [-0.39, 0.29) is 6.42 Å². The van der Waals surface area contributed by atoms with Crippen molar-refractivity contribution in [2.45, 2.75) is 39.8 Å². The molecule has 0 aliphatic rings. The van der Waals surface area contributed by atoms with Crippen LogP contribution in [0.1, 0.15) is 33.6 Å². The second-order valence-electron chi connectivity index (χ2n) is 3.30. The Morgan fingerprint density at radius 1 is 1.33 bits per heavy atom. The largest absolute Gasteiger partial charge is 0.391 e. The molecule has 12 heavy (non-hydrogen) atoms. The molecular weight excluding hydrogens is 165 g/mol. The van der Waals surface area contributed by atoms with Gasteiger partial charge in [0.25, 0.3) is 0 Å². The summed E-state index contributed by atoms with van der Waals surface area (Å²) < 4.78 is 35.9. The molecule has 0 aromatic heterocycles. The van der Waals surface area contributed by atoms with E-state index in [9.17, 15) is 13.2 Å². The van der Waals surface area contributed by atoms with Crippen LogP contribution in [0.5, 0.6) is 0 Å². The molecule has 0 amide bonds. The fourth-order valence-electron chi connectivity index (χ4n) is 0.786. The number of hydrogen-bond acceptors (Lipinski definition) is 0. The molecule has 0 saturated carbocycles. The van der Waals surface area contributed by atoms with Gasteiger partial charge in [0.15, 0.2) is 0 Å². The highest BCUT2D eigenvalue weighted by atomic mass is 19.4. The number of alkyl halides is 3. The standard InChI is InChI=1S/C9H15F3/c1-7(2)5-4-6-8(3)9(10,11)12/h5,8H,4,6H2,1-3H3/t8-/m1/s1. The van der Waals surface area contributed by atoms with Gasteiger partial charge >= 0.3 is 6.18 Å². The first kappa shape index (κ1) is 11.5. The third-order valence-corrected chi connectivity index (χ3v) is 1.71. The van der Waals surface area contributed by atoms with E-state index in [0.717, 1.165) is 5.57 Å². The monoisotopic (exact) mass is 180 g/mol. The summed E-state index contributed by atoms with van der Waals surface area (Å²) in [4.78, 5) is 0. The molecule has 0 aromatic carbocycles. The zero-order chi connectivity index (χ0) is 9.78. The van der Waals surface area contributed by atoms with Crippen LogP contribution in [-0.2, 0) is 0 Å². The third kappa shape index (κ3) is 5.22. The van der Waals surface area contributed by atoms with Crippen LogP contribution in [0.15, 0.2) is 11.6 Å². The Morgan fingerprint density at radius 3 is 2.17 bits per heavy atom. The fourth-order valence-corrected chi connectivity index (χ4v) is 0.786. The first-order valence-corrected chi connectivity index (χ1v) is 4.04. The number of allylic oxidation sites excluding steroid dienone is 2. The Bertz CT molecular complexity index is 152. The minimum absolute atomic E-state index is 0.189. The summed E-state index contributed by atoms with van der Waals surface area (Å²) >= 11 is 0. The first-order valence-electron chi connectivity index (χ1n) is 4.04. The summed E-state index contributed by atoms with van der Waals surface area (Å²) in [6.07, 6.45) is -1.49. The van der Waals surface area contributed by atoms with Gasteiger partial charge in [-0.1, -0.05) is 18.6 Å². The molecule has 0 bridgehead atoms. The molecule has 0 rings (SSSR count). The molecule has 0 radical (unpaired) electrons. The molecule has 0 aliphatic heterocycles. The maximum Gasteiger partial charge on any atom is 0.391 e. The molecule has 0 saturated heterocycles. The van der Waals surface area contributed by atoms with E-state index in [0.29, 0.717) is 6.42 Å². The summed E-state index contributed by atoms with van der Waals surface area (Å²) in [5.41, 5.74) is 1.07. The lowest BCUT2D eigenvalue weighted by atomic mass is 10.0. The molecule has 0 fully saturated rings. The smallest absolute Gasteiger partial charge is 0.171 e. The molecule has 0 heterocycles. The maximum absolute atomic E-state index is 12.0. The van der Waals surface area contributed by atoms with Gasteiger partial charge in [0.1, 0.15) is 0 Å². The lowest BCUT2D eigenvalue weighted by Gasteiger charge is -2.13. The van der Waals surface area contributed by atoms with Gasteiger partial charge in [0, 0.05) is 0 Å². The van der Waals surface area contributed by atoms with Gasteiger partial charge in [-0.15, -0.1) is 0 Å². The topological polar surface area (TPSA) is 0 Å². The van der Waals surface area contributed by atoms with Crippen molar-refractivity contribution >= 4 is 0 Å². The van der Waals surface area contributed by atoms with Crippen LogP contribution in [-0.4, -0.2) is 6.18 Å². The van der Waals surface area contributed by atoms with Gasteiger partial charge in [0.05, 0.1) is 5.92 Å². The number of hydrogen-bond donors (Lipinski definition) is 0. The van der Waals surface area contributed by atoms with Gasteiger partial charge in [-0.3, -0.25) is 0 Å². The van der Waals surface area contributed by atoms with Crippen LogP contribution in [0, 0.1) is 5.92 Å². The van der Waals surface area contributed by atoms with Crippen LogP contribution in [0.4, 0.5) is 13.2 Å². The van der Waals surface area contributed by atoms with E-state index in [4.69, 9.17) is 0 Å². The molecule has 72 valence electrons. The van der Waals surface area contributed by atoms with Crippen LogP contribution >= 0.6 is 0 Å². The van der Waals surface area contributed by atoms with Crippen LogP contribution in [0.2, 0.25) is 0 Å². The van der Waals surface area contributed by atoms with Crippen LogP contribution < -0.4 is 0 Å². The average Bonchev–Trinajstić information content (AvgIpc) is 1.84. The van der Waals surface area contributed by atoms with E-state index >= 15 is 0 Å². The molecule has 0 nitrogen and oxygen atoms in total. The molecular formula is C9H15F3. The number of halogens is 3. The van der Waals surface area contributed by atoms with Gasteiger partial charge < -0.3 is 0 Å².